The van der Waals surface area contributed by atoms with Crippen molar-refractivity contribution in [3.05, 3.63) is 30.6 Å². The lowest BCUT2D eigenvalue weighted by molar-refractivity contribution is -0.697. The SMILES string of the molecule is FC(F)(F)SCCCCOCCCCCCC[n+]1ccccc1.[Br-]. The fourth-order valence-corrected chi connectivity index (χ4v) is 2.79. The lowest BCUT2D eigenvalue weighted by Gasteiger charge is -2.06. The van der Waals surface area contributed by atoms with Gasteiger partial charge >= 0.3 is 5.51 Å². The van der Waals surface area contributed by atoms with E-state index in [1.807, 2.05) is 18.2 Å². The monoisotopic (exact) mass is 429 g/mol. The summed E-state index contributed by atoms with van der Waals surface area (Å²) in [7, 11) is 0. The number of nitrogens with zero attached hydrogens (tertiary/aromatic N) is 1. The van der Waals surface area contributed by atoms with E-state index < -0.39 is 5.51 Å². The molecule has 24 heavy (non-hydrogen) atoms. The molecule has 0 atom stereocenters. The van der Waals surface area contributed by atoms with Crippen LogP contribution in [0.5, 0.6) is 0 Å². The fraction of sp³-hybridized carbons (Fsp3) is 0.706. The molecular formula is C17H27BrF3NOS. The zero-order valence-corrected chi connectivity index (χ0v) is 16.3. The lowest BCUT2D eigenvalue weighted by Crippen LogP contribution is -3.00. The molecule has 1 aromatic heterocycles. The Kier molecular flexibility index (Phi) is 14.9. The Morgan fingerprint density at radius 3 is 2.04 bits per heavy atom. The summed E-state index contributed by atoms with van der Waals surface area (Å²) in [6.07, 6.45) is 11.2. The minimum absolute atomic E-state index is 0. The molecule has 0 aromatic carbocycles. The fourth-order valence-electron chi connectivity index (χ4n) is 2.21. The third-order valence-electron chi connectivity index (χ3n) is 3.43. The maximum Gasteiger partial charge on any atom is 0.441 e. The molecule has 140 valence electrons. The van der Waals surface area contributed by atoms with Crippen molar-refractivity contribution >= 4 is 11.8 Å². The second-order valence-electron chi connectivity index (χ2n) is 5.49. The minimum Gasteiger partial charge on any atom is -1.00 e. The number of hydrogen-bond acceptors (Lipinski definition) is 2. The quantitative estimate of drug-likeness (QED) is 0.351. The first-order chi connectivity index (χ1) is 11.1. The Balaban J connectivity index is 0.00000529. The van der Waals surface area contributed by atoms with E-state index in [1.165, 1.54) is 19.3 Å². The van der Waals surface area contributed by atoms with E-state index in [2.05, 4.69) is 17.0 Å². The standard InChI is InChI=1S/C17H27F3NOS.BrH/c18-17(19,20)23-16-10-9-15-22-14-8-3-1-2-5-11-21-12-6-4-7-13-21;/h4,6-7,12-13H,1-3,5,8-11,14-16H2;1H/q+1;/p-1. The predicted octanol–water partition coefficient (Wildman–Crippen LogP) is 1.98. The molecule has 2 nitrogen and oxygen atoms in total. The number of hydrogen-bond donors (Lipinski definition) is 0. The highest BCUT2D eigenvalue weighted by atomic mass is 79.9. The molecule has 1 aromatic rings. The molecule has 1 rings (SSSR count). The zero-order chi connectivity index (χ0) is 16.8. The van der Waals surface area contributed by atoms with Gasteiger partial charge in [0.25, 0.3) is 0 Å². The molecule has 0 saturated heterocycles. The van der Waals surface area contributed by atoms with E-state index in [9.17, 15) is 13.2 Å². The number of halogens is 4. The molecule has 0 amide bonds. The molecule has 7 heteroatoms. The van der Waals surface area contributed by atoms with Gasteiger partial charge in [0.15, 0.2) is 12.4 Å². The third-order valence-corrected chi connectivity index (χ3v) is 4.25. The van der Waals surface area contributed by atoms with E-state index in [-0.39, 0.29) is 34.5 Å². The average molecular weight is 430 g/mol. The summed E-state index contributed by atoms with van der Waals surface area (Å²) >= 11 is 0.0541. The Labute approximate surface area is 157 Å². The first-order valence-corrected chi connectivity index (χ1v) is 9.29. The normalized spacial score (nSPS) is 11.3. The Bertz CT molecular complexity index is 393. The third kappa shape index (κ3) is 15.3. The lowest BCUT2D eigenvalue weighted by atomic mass is 10.1. The molecule has 0 radical (unpaired) electrons. The first-order valence-electron chi connectivity index (χ1n) is 8.30. The molecule has 0 N–H and O–H groups in total. The van der Waals surface area contributed by atoms with E-state index in [1.54, 1.807) is 0 Å². The summed E-state index contributed by atoms with van der Waals surface area (Å²) in [5.74, 6) is 0.131. The van der Waals surface area contributed by atoms with Gasteiger partial charge in [-0.25, -0.2) is 4.57 Å². The van der Waals surface area contributed by atoms with Crippen molar-refractivity contribution < 1.29 is 39.5 Å². The summed E-state index contributed by atoms with van der Waals surface area (Å²) < 4.78 is 43.3. The van der Waals surface area contributed by atoms with Gasteiger partial charge in [0, 0.05) is 37.5 Å². The molecule has 0 aliphatic carbocycles. The van der Waals surface area contributed by atoms with Gasteiger partial charge in [-0.3, -0.25) is 0 Å². The second-order valence-corrected chi connectivity index (χ2v) is 6.65. The van der Waals surface area contributed by atoms with E-state index in [4.69, 9.17) is 4.74 Å². The molecule has 1 heterocycles. The van der Waals surface area contributed by atoms with Crippen LogP contribution in [0.15, 0.2) is 30.6 Å². The first kappa shape index (κ1) is 23.7. The van der Waals surface area contributed by atoms with Crippen LogP contribution in [0.25, 0.3) is 0 Å². The van der Waals surface area contributed by atoms with Crippen molar-refractivity contribution in [2.24, 2.45) is 0 Å². The smallest absolute Gasteiger partial charge is 0.441 e. The van der Waals surface area contributed by atoms with Crippen molar-refractivity contribution in [2.45, 2.75) is 57.0 Å². The Morgan fingerprint density at radius 2 is 1.38 bits per heavy atom. The van der Waals surface area contributed by atoms with Crippen molar-refractivity contribution in [3.8, 4) is 0 Å². The summed E-state index contributed by atoms with van der Waals surface area (Å²) in [6.45, 7) is 2.36. The Hall–Kier alpha value is -0.270. The van der Waals surface area contributed by atoms with Gasteiger partial charge in [0.1, 0.15) is 6.54 Å². The molecule has 0 unspecified atom stereocenters. The van der Waals surface area contributed by atoms with Gasteiger partial charge in [-0.05, 0) is 25.7 Å². The summed E-state index contributed by atoms with van der Waals surface area (Å²) in [5, 5.41) is 0. The van der Waals surface area contributed by atoms with Gasteiger partial charge in [-0.1, -0.05) is 30.7 Å². The van der Waals surface area contributed by atoms with Crippen LogP contribution in [0.3, 0.4) is 0 Å². The van der Waals surface area contributed by atoms with Crippen LogP contribution in [0.2, 0.25) is 0 Å². The summed E-state index contributed by atoms with van der Waals surface area (Å²) in [6, 6.07) is 6.10. The van der Waals surface area contributed by atoms with Crippen molar-refractivity contribution in [3.63, 3.8) is 0 Å². The maximum atomic E-state index is 11.9. The van der Waals surface area contributed by atoms with Gasteiger partial charge < -0.3 is 21.7 Å². The molecule has 0 aliphatic heterocycles. The highest BCUT2D eigenvalue weighted by molar-refractivity contribution is 8.00. The van der Waals surface area contributed by atoms with Crippen LogP contribution < -0.4 is 21.5 Å². The predicted molar refractivity (Wildman–Crippen MR) is 88.3 cm³/mol. The number of ether oxygens (including phenoxy) is 1. The van der Waals surface area contributed by atoms with Crippen LogP contribution >= 0.6 is 11.8 Å². The Morgan fingerprint density at radius 1 is 0.792 bits per heavy atom. The number of aromatic nitrogens is 1. The van der Waals surface area contributed by atoms with Crippen molar-refractivity contribution in [1.82, 2.24) is 0 Å². The number of alkyl halides is 3. The summed E-state index contributed by atoms with van der Waals surface area (Å²) in [4.78, 5) is 0. The van der Waals surface area contributed by atoms with E-state index >= 15 is 0 Å². The molecule has 0 bridgehead atoms. The molecule has 0 spiro atoms. The molecular weight excluding hydrogens is 403 g/mol. The van der Waals surface area contributed by atoms with E-state index in [0.717, 1.165) is 26.0 Å². The number of unbranched alkanes of at least 4 members (excludes halogenated alkanes) is 5. The van der Waals surface area contributed by atoms with E-state index in [0.29, 0.717) is 19.4 Å². The number of pyridine rings is 1. The van der Waals surface area contributed by atoms with Crippen LogP contribution in [0.1, 0.15) is 44.9 Å². The zero-order valence-electron chi connectivity index (χ0n) is 13.9. The number of rotatable bonds is 13. The second kappa shape index (κ2) is 15.0. The molecule has 0 aliphatic rings. The number of thioether (sulfide) groups is 1. The highest BCUT2D eigenvalue weighted by Gasteiger charge is 2.27. The van der Waals surface area contributed by atoms with Crippen LogP contribution in [0, 0.1) is 0 Å². The van der Waals surface area contributed by atoms with Gasteiger partial charge in [-0.2, -0.15) is 13.2 Å². The van der Waals surface area contributed by atoms with Crippen molar-refractivity contribution in [2.75, 3.05) is 19.0 Å². The highest BCUT2D eigenvalue weighted by Crippen LogP contribution is 2.30. The van der Waals surface area contributed by atoms with Gasteiger partial charge in [0.05, 0.1) is 0 Å². The number of aryl methyl sites for hydroxylation is 1. The van der Waals surface area contributed by atoms with Gasteiger partial charge in [-0.15, -0.1) is 0 Å². The van der Waals surface area contributed by atoms with Crippen LogP contribution in [0.4, 0.5) is 13.2 Å². The largest absolute Gasteiger partial charge is 1.00 e. The van der Waals surface area contributed by atoms with Gasteiger partial charge in [0.2, 0.25) is 0 Å². The topological polar surface area (TPSA) is 13.1 Å². The molecule has 0 fully saturated rings. The van der Waals surface area contributed by atoms with Crippen molar-refractivity contribution in [1.29, 1.82) is 0 Å². The van der Waals surface area contributed by atoms with Crippen LogP contribution in [-0.2, 0) is 11.3 Å². The minimum atomic E-state index is -4.10. The maximum absolute atomic E-state index is 11.9. The average Bonchev–Trinajstić information content (AvgIpc) is 2.52. The van der Waals surface area contributed by atoms with Crippen LogP contribution in [-0.4, -0.2) is 24.5 Å². The summed E-state index contributed by atoms with van der Waals surface area (Å²) in [5.41, 5.74) is -4.10. The molecule has 0 saturated carbocycles.